The molecule has 2 amide bonds. The molecule has 0 radical (unpaired) electrons. The highest BCUT2D eigenvalue weighted by Crippen LogP contribution is 2.30. The average molecular weight is 579 g/mol. The van der Waals surface area contributed by atoms with Crippen molar-refractivity contribution in [1.29, 1.82) is 0 Å². The molecule has 2 atom stereocenters. The van der Waals surface area contributed by atoms with Gasteiger partial charge in [-0.05, 0) is 12.8 Å². The summed E-state index contributed by atoms with van der Waals surface area (Å²) < 4.78 is 136. The summed E-state index contributed by atoms with van der Waals surface area (Å²) >= 11 is 0. The van der Waals surface area contributed by atoms with Crippen molar-refractivity contribution >= 4 is 31.9 Å². The first kappa shape index (κ1) is 30.5. The van der Waals surface area contributed by atoms with Gasteiger partial charge in [0, 0.05) is 39.3 Å². The minimum Gasteiger partial charge on any atom is -0.376 e. The zero-order chi connectivity index (χ0) is 27.4. The number of carbonyl (C=O) groups is 2. The minimum absolute atomic E-state index is 0.0477. The summed E-state index contributed by atoms with van der Waals surface area (Å²) in [6.07, 6.45) is -2.90. The van der Waals surface area contributed by atoms with Crippen LogP contribution in [0.25, 0.3) is 0 Å². The number of halogens is 6. The number of alkyl halides is 6. The van der Waals surface area contributed by atoms with Crippen LogP contribution in [-0.4, -0.2) is 113 Å². The Labute approximate surface area is 202 Å². The van der Waals surface area contributed by atoms with E-state index in [9.17, 15) is 52.8 Å². The van der Waals surface area contributed by atoms with Crippen LogP contribution in [0, 0.1) is 0 Å². The molecule has 2 fully saturated rings. The van der Waals surface area contributed by atoms with E-state index < -0.39 is 89.6 Å². The monoisotopic (exact) mass is 578 g/mol. The number of ether oxygens (including phenoxy) is 2. The van der Waals surface area contributed by atoms with Crippen molar-refractivity contribution in [2.45, 2.75) is 36.1 Å². The lowest BCUT2D eigenvalue weighted by atomic mass is 10.2. The Morgan fingerprint density at radius 1 is 0.722 bits per heavy atom. The van der Waals surface area contributed by atoms with Gasteiger partial charge in [0.05, 0.1) is 25.4 Å². The van der Waals surface area contributed by atoms with E-state index in [-0.39, 0.29) is 26.3 Å². The van der Waals surface area contributed by atoms with Crippen LogP contribution in [0.3, 0.4) is 0 Å². The van der Waals surface area contributed by atoms with Gasteiger partial charge in [-0.1, -0.05) is 0 Å². The van der Waals surface area contributed by atoms with Crippen molar-refractivity contribution in [1.82, 2.24) is 19.2 Å². The van der Waals surface area contributed by atoms with Crippen molar-refractivity contribution in [3.63, 3.8) is 0 Å². The van der Waals surface area contributed by atoms with Gasteiger partial charge in [-0.15, -0.1) is 0 Å². The molecule has 2 heterocycles. The fourth-order valence-corrected chi connectivity index (χ4v) is 5.04. The van der Waals surface area contributed by atoms with Gasteiger partial charge < -0.3 is 20.1 Å². The van der Waals surface area contributed by atoms with Crippen LogP contribution in [0.4, 0.5) is 26.3 Å². The molecular formula is C16H24F6N4O8S2. The molecule has 20 heteroatoms. The van der Waals surface area contributed by atoms with Gasteiger partial charge in [0.15, 0.2) is 0 Å². The Kier molecular flexibility index (Phi) is 9.96. The highest BCUT2D eigenvalue weighted by Gasteiger charge is 2.57. The van der Waals surface area contributed by atoms with Crippen molar-refractivity contribution in [2.24, 2.45) is 0 Å². The molecule has 2 aliphatic heterocycles. The van der Waals surface area contributed by atoms with E-state index in [4.69, 9.17) is 9.47 Å². The van der Waals surface area contributed by atoms with Gasteiger partial charge in [0.25, 0.3) is 0 Å². The maximum Gasteiger partial charge on any atom is 0.516 e. The van der Waals surface area contributed by atoms with Crippen LogP contribution < -0.4 is 10.6 Å². The Morgan fingerprint density at radius 2 is 1.06 bits per heavy atom. The quantitative estimate of drug-likeness (QED) is 0.274. The summed E-state index contributed by atoms with van der Waals surface area (Å²) in [4.78, 5) is 25.2. The molecule has 36 heavy (non-hydrogen) atoms. The van der Waals surface area contributed by atoms with Gasteiger partial charge in [-0.2, -0.15) is 43.2 Å². The molecule has 210 valence electrons. The largest absolute Gasteiger partial charge is 0.516 e. The Balaban J connectivity index is 2.36. The van der Waals surface area contributed by atoms with Gasteiger partial charge in [0.2, 0.25) is 0 Å². The van der Waals surface area contributed by atoms with Crippen LogP contribution in [0.2, 0.25) is 0 Å². The summed E-state index contributed by atoms with van der Waals surface area (Å²) in [6.45, 7) is -1.58. The lowest BCUT2D eigenvalue weighted by Crippen LogP contribution is -2.55. The maximum absolute atomic E-state index is 13.2. The molecule has 12 nitrogen and oxygen atoms in total. The number of nitrogens with zero attached hydrogens (tertiary/aromatic N) is 2. The first-order chi connectivity index (χ1) is 16.5. The van der Waals surface area contributed by atoms with E-state index in [2.05, 4.69) is 10.6 Å². The van der Waals surface area contributed by atoms with Crippen molar-refractivity contribution in [3.8, 4) is 0 Å². The number of sulfonamides is 2. The molecule has 0 aromatic carbocycles. The molecule has 0 aromatic rings. The van der Waals surface area contributed by atoms with E-state index in [1.807, 2.05) is 0 Å². The van der Waals surface area contributed by atoms with E-state index in [0.29, 0.717) is 13.1 Å². The average Bonchev–Trinajstić information content (AvgIpc) is 2.78. The van der Waals surface area contributed by atoms with Gasteiger partial charge in [-0.25, -0.2) is 8.61 Å². The summed E-state index contributed by atoms with van der Waals surface area (Å²) in [7, 11) is -13.2. The summed E-state index contributed by atoms with van der Waals surface area (Å²) in [5.41, 5.74) is -12.2. The first-order valence-electron chi connectivity index (χ1n) is 10.4. The third-order valence-corrected chi connectivity index (χ3v) is 8.15. The number of hydrogen-bond acceptors (Lipinski definition) is 10. The molecule has 2 saturated heterocycles. The van der Waals surface area contributed by atoms with Gasteiger partial charge in [-0.3, -0.25) is 9.59 Å². The Hall–Kier alpha value is -1.74. The molecular weight excluding hydrogens is 554 g/mol. The Bertz CT molecular complexity index is 913. The minimum atomic E-state index is -6.58. The number of hydrogen-bond donors (Lipinski definition) is 2. The second kappa shape index (κ2) is 11.8. The third kappa shape index (κ3) is 7.18. The molecule has 0 aromatic heterocycles. The fraction of sp³-hybridized carbons (Fsp3) is 0.875. The number of morpholine rings is 2. The van der Waals surface area contributed by atoms with Gasteiger partial charge >= 0.3 is 42.9 Å². The molecule has 2 rings (SSSR count). The summed E-state index contributed by atoms with van der Waals surface area (Å²) in [6, 6.07) is 0. The van der Waals surface area contributed by atoms with Gasteiger partial charge in [0.1, 0.15) is 0 Å². The normalized spacial score (nSPS) is 22.2. The number of nitrogens with one attached hydrogen (secondary N) is 2. The topological polar surface area (TPSA) is 151 Å². The molecule has 0 aliphatic carbocycles. The van der Waals surface area contributed by atoms with E-state index in [1.165, 1.54) is 0 Å². The fourth-order valence-electron chi connectivity index (χ4n) is 3.26. The predicted molar refractivity (Wildman–Crippen MR) is 108 cm³/mol. The van der Waals surface area contributed by atoms with E-state index in [1.54, 1.807) is 0 Å². The maximum atomic E-state index is 13.2. The standard InChI is InChI=1S/C16H24F6N4O8S2/c17-15(18,19)35(29,30)25(5-1-11-9-23-3-7-33-11)13(27)14(28)26(36(31,32)16(20,21)22)6-2-12-10-24-4-8-34-12/h11-12,23-24H,1-10H2. The van der Waals surface area contributed by atoms with Crippen LogP contribution >= 0.6 is 0 Å². The zero-order valence-electron chi connectivity index (χ0n) is 18.5. The lowest BCUT2D eigenvalue weighted by Gasteiger charge is -2.30. The summed E-state index contributed by atoms with van der Waals surface area (Å²) in [5.74, 6) is -5.24. The Morgan fingerprint density at radius 3 is 1.31 bits per heavy atom. The predicted octanol–water partition coefficient (Wildman–Crippen LogP) is -0.900. The molecule has 0 spiro atoms. The van der Waals surface area contributed by atoms with Crippen LogP contribution in [-0.2, 0) is 39.1 Å². The molecule has 0 bridgehead atoms. The number of rotatable bonds is 8. The molecule has 0 saturated carbocycles. The molecule has 2 unspecified atom stereocenters. The smallest absolute Gasteiger partial charge is 0.376 e. The van der Waals surface area contributed by atoms with Crippen LogP contribution in [0.15, 0.2) is 0 Å². The van der Waals surface area contributed by atoms with E-state index >= 15 is 0 Å². The highest BCUT2D eigenvalue weighted by molar-refractivity contribution is 7.91. The van der Waals surface area contributed by atoms with E-state index in [0.717, 1.165) is 0 Å². The highest BCUT2D eigenvalue weighted by atomic mass is 32.2. The summed E-state index contributed by atoms with van der Waals surface area (Å²) in [5, 5.41) is 5.57. The van der Waals surface area contributed by atoms with Crippen molar-refractivity contribution < 1.29 is 62.2 Å². The zero-order valence-corrected chi connectivity index (χ0v) is 20.1. The van der Waals surface area contributed by atoms with Crippen molar-refractivity contribution in [3.05, 3.63) is 0 Å². The number of carbonyl (C=O) groups excluding carboxylic acids is 2. The molecule has 2 N–H and O–H groups in total. The van der Waals surface area contributed by atoms with Crippen LogP contribution in [0.1, 0.15) is 12.8 Å². The second-order valence-electron chi connectivity index (χ2n) is 7.63. The molecule has 2 aliphatic rings. The number of amides is 2. The van der Waals surface area contributed by atoms with Crippen LogP contribution in [0.5, 0.6) is 0 Å². The second-order valence-corrected chi connectivity index (χ2v) is 11.3. The third-order valence-electron chi connectivity index (χ3n) is 5.12. The SMILES string of the molecule is O=C(C(=O)N(CCC1CNCCO1)S(=O)(=O)C(F)(F)F)N(CCC1CNCCO1)S(=O)(=O)C(F)(F)F. The first-order valence-corrected chi connectivity index (χ1v) is 13.3. The lowest BCUT2D eigenvalue weighted by molar-refractivity contribution is -0.147. The van der Waals surface area contributed by atoms with Crippen molar-refractivity contribution in [2.75, 3.05) is 52.5 Å².